The number of nitrogens with zero attached hydrogens (tertiary/aromatic N) is 2. The normalized spacial score (nSPS) is 11.3. The van der Waals surface area contributed by atoms with E-state index in [1.165, 1.54) is 0 Å². The summed E-state index contributed by atoms with van der Waals surface area (Å²) < 4.78 is 6.23. The van der Waals surface area contributed by atoms with E-state index in [2.05, 4.69) is 146 Å². The van der Waals surface area contributed by atoms with E-state index >= 15 is 0 Å². The van der Waals surface area contributed by atoms with E-state index in [4.69, 9.17) is 14.4 Å². The van der Waals surface area contributed by atoms with Gasteiger partial charge < -0.3 is 4.42 Å². The van der Waals surface area contributed by atoms with Crippen LogP contribution >= 0.6 is 0 Å². The van der Waals surface area contributed by atoms with Crippen molar-refractivity contribution in [3.63, 3.8) is 0 Å². The standard InChI is InChI=1S/C46H30N2O/c1-5-15-31(16-6-1)38-28-36(42-30-41(33-19-9-3-10-20-33)47-46(48-42)34-21-11-4-12-22-34)29-39(32-17-7-2-8-18-32)45(38)35-25-26-44-40(27-35)37-23-13-14-24-43(37)49-44/h1-30H. The van der Waals surface area contributed by atoms with E-state index in [9.17, 15) is 0 Å². The molecule has 9 rings (SSSR count). The average Bonchev–Trinajstić information content (AvgIpc) is 3.56. The molecule has 0 spiro atoms. The SMILES string of the molecule is c1ccc(-c2cc(-c3cc(-c4ccccc4)c(-c4ccc5oc6ccccc6c5c4)c(-c4ccccc4)c3)nc(-c3ccccc3)n2)cc1. The number of hydrogen-bond acceptors (Lipinski definition) is 3. The number of furan rings is 1. The predicted molar refractivity (Wildman–Crippen MR) is 202 cm³/mol. The van der Waals surface area contributed by atoms with Crippen LogP contribution < -0.4 is 0 Å². The van der Waals surface area contributed by atoms with E-state index in [-0.39, 0.29) is 0 Å². The topological polar surface area (TPSA) is 38.9 Å². The zero-order valence-electron chi connectivity index (χ0n) is 26.6. The Hall–Kier alpha value is -6.58. The lowest BCUT2D eigenvalue weighted by Gasteiger charge is -2.19. The lowest BCUT2D eigenvalue weighted by atomic mass is 9.85. The first-order valence-corrected chi connectivity index (χ1v) is 16.5. The number of fused-ring (bicyclic) bond motifs is 3. The first-order valence-electron chi connectivity index (χ1n) is 16.5. The van der Waals surface area contributed by atoms with Crippen LogP contribution in [0.3, 0.4) is 0 Å². The molecule has 0 radical (unpaired) electrons. The summed E-state index contributed by atoms with van der Waals surface area (Å²) in [6, 6.07) is 63.4. The van der Waals surface area contributed by atoms with Crippen LogP contribution in [0.5, 0.6) is 0 Å². The van der Waals surface area contributed by atoms with Gasteiger partial charge in [0.05, 0.1) is 11.4 Å². The second kappa shape index (κ2) is 12.2. The first-order chi connectivity index (χ1) is 24.3. The molecule has 0 N–H and O–H groups in total. The van der Waals surface area contributed by atoms with Crippen molar-refractivity contribution in [3.05, 3.63) is 182 Å². The second-order valence-corrected chi connectivity index (χ2v) is 12.2. The molecule has 7 aromatic carbocycles. The van der Waals surface area contributed by atoms with E-state index in [1.54, 1.807) is 0 Å². The van der Waals surface area contributed by atoms with Crippen molar-refractivity contribution in [2.24, 2.45) is 0 Å². The Morgan fingerprint density at radius 1 is 0.327 bits per heavy atom. The van der Waals surface area contributed by atoms with Crippen LogP contribution in [0.25, 0.3) is 89.2 Å². The summed E-state index contributed by atoms with van der Waals surface area (Å²) in [6.45, 7) is 0. The Morgan fingerprint density at radius 2 is 0.816 bits per heavy atom. The molecular formula is C46H30N2O. The minimum atomic E-state index is 0.695. The first kappa shape index (κ1) is 28.6. The van der Waals surface area contributed by atoms with Crippen molar-refractivity contribution < 1.29 is 4.42 Å². The van der Waals surface area contributed by atoms with E-state index in [1.807, 2.05) is 36.4 Å². The molecule has 0 saturated heterocycles. The highest BCUT2D eigenvalue weighted by Crippen LogP contribution is 2.45. The molecule has 0 aliphatic carbocycles. The van der Waals surface area contributed by atoms with E-state index in [0.29, 0.717) is 5.82 Å². The Balaban J connectivity index is 1.35. The van der Waals surface area contributed by atoms with Gasteiger partial charge in [0.25, 0.3) is 0 Å². The third kappa shape index (κ3) is 5.38. The second-order valence-electron chi connectivity index (χ2n) is 12.2. The molecule has 0 unspecified atom stereocenters. The summed E-state index contributed by atoms with van der Waals surface area (Å²) in [4.78, 5) is 10.3. The Labute approximate surface area is 284 Å². The molecule has 9 aromatic rings. The summed E-state index contributed by atoms with van der Waals surface area (Å²) in [5, 5.41) is 2.22. The fraction of sp³-hybridized carbons (Fsp3) is 0. The van der Waals surface area contributed by atoms with Gasteiger partial charge in [-0.05, 0) is 69.8 Å². The molecule has 0 amide bonds. The van der Waals surface area contributed by atoms with Crippen molar-refractivity contribution in [2.75, 3.05) is 0 Å². The molecule has 2 aromatic heterocycles. The molecule has 0 atom stereocenters. The molecule has 49 heavy (non-hydrogen) atoms. The van der Waals surface area contributed by atoms with Gasteiger partial charge in [-0.15, -0.1) is 0 Å². The highest BCUT2D eigenvalue weighted by molar-refractivity contribution is 6.08. The van der Waals surface area contributed by atoms with E-state index < -0.39 is 0 Å². The molecule has 3 nitrogen and oxygen atoms in total. The van der Waals surface area contributed by atoms with Gasteiger partial charge in [0, 0.05) is 27.5 Å². The Morgan fingerprint density at radius 3 is 1.43 bits per heavy atom. The summed E-state index contributed by atoms with van der Waals surface area (Å²) >= 11 is 0. The predicted octanol–water partition coefficient (Wildman–Crippen LogP) is 12.4. The minimum Gasteiger partial charge on any atom is -0.456 e. The van der Waals surface area contributed by atoms with Gasteiger partial charge in [-0.25, -0.2) is 9.97 Å². The monoisotopic (exact) mass is 626 g/mol. The van der Waals surface area contributed by atoms with Gasteiger partial charge in [0.2, 0.25) is 0 Å². The van der Waals surface area contributed by atoms with Crippen LogP contribution in [0.2, 0.25) is 0 Å². The van der Waals surface area contributed by atoms with E-state index in [0.717, 1.165) is 83.4 Å². The highest BCUT2D eigenvalue weighted by atomic mass is 16.3. The van der Waals surface area contributed by atoms with Crippen molar-refractivity contribution in [3.8, 4) is 67.3 Å². The van der Waals surface area contributed by atoms with Crippen molar-refractivity contribution in [1.82, 2.24) is 9.97 Å². The number of para-hydroxylation sites is 1. The molecule has 0 fully saturated rings. The fourth-order valence-corrected chi connectivity index (χ4v) is 6.74. The highest BCUT2D eigenvalue weighted by Gasteiger charge is 2.20. The van der Waals surface area contributed by atoms with Gasteiger partial charge in [0.1, 0.15) is 11.2 Å². The summed E-state index contributed by atoms with van der Waals surface area (Å²) in [5.41, 5.74) is 13.4. The summed E-state index contributed by atoms with van der Waals surface area (Å²) in [6.07, 6.45) is 0. The minimum absolute atomic E-state index is 0.695. The maximum absolute atomic E-state index is 6.23. The summed E-state index contributed by atoms with van der Waals surface area (Å²) in [5.74, 6) is 0.695. The largest absolute Gasteiger partial charge is 0.456 e. The third-order valence-corrected chi connectivity index (χ3v) is 9.10. The van der Waals surface area contributed by atoms with Crippen molar-refractivity contribution >= 4 is 21.9 Å². The summed E-state index contributed by atoms with van der Waals surface area (Å²) in [7, 11) is 0. The third-order valence-electron chi connectivity index (χ3n) is 9.10. The van der Waals surface area contributed by atoms with Crippen LogP contribution in [-0.2, 0) is 0 Å². The Kier molecular flexibility index (Phi) is 7.14. The molecule has 3 heteroatoms. The van der Waals surface area contributed by atoms with Gasteiger partial charge in [-0.3, -0.25) is 0 Å². The maximum Gasteiger partial charge on any atom is 0.160 e. The zero-order chi connectivity index (χ0) is 32.6. The van der Waals surface area contributed by atoms with Crippen LogP contribution in [0.4, 0.5) is 0 Å². The Bertz CT molecular complexity index is 2460. The van der Waals surface area contributed by atoms with Gasteiger partial charge in [0.15, 0.2) is 5.82 Å². The number of aromatic nitrogens is 2. The molecular weight excluding hydrogens is 597 g/mol. The molecule has 0 saturated carbocycles. The number of benzene rings is 7. The molecule has 0 aliphatic rings. The maximum atomic E-state index is 6.23. The average molecular weight is 627 g/mol. The van der Waals surface area contributed by atoms with Gasteiger partial charge in [-0.1, -0.05) is 146 Å². The smallest absolute Gasteiger partial charge is 0.160 e. The molecule has 0 bridgehead atoms. The molecule has 230 valence electrons. The van der Waals surface area contributed by atoms with Gasteiger partial charge >= 0.3 is 0 Å². The van der Waals surface area contributed by atoms with Crippen LogP contribution in [0, 0.1) is 0 Å². The number of rotatable bonds is 6. The molecule has 2 heterocycles. The fourth-order valence-electron chi connectivity index (χ4n) is 6.74. The van der Waals surface area contributed by atoms with Crippen LogP contribution in [0.1, 0.15) is 0 Å². The molecule has 0 aliphatic heterocycles. The number of hydrogen-bond donors (Lipinski definition) is 0. The van der Waals surface area contributed by atoms with Crippen LogP contribution in [-0.4, -0.2) is 9.97 Å². The van der Waals surface area contributed by atoms with Crippen LogP contribution in [0.15, 0.2) is 186 Å². The van der Waals surface area contributed by atoms with Gasteiger partial charge in [-0.2, -0.15) is 0 Å². The zero-order valence-corrected chi connectivity index (χ0v) is 26.6. The van der Waals surface area contributed by atoms with Crippen molar-refractivity contribution in [2.45, 2.75) is 0 Å². The van der Waals surface area contributed by atoms with Crippen molar-refractivity contribution in [1.29, 1.82) is 0 Å². The lowest BCUT2D eigenvalue weighted by Crippen LogP contribution is -1.98. The quantitative estimate of drug-likeness (QED) is 0.184. The lowest BCUT2D eigenvalue weighted by molar-refractivity contribution is 0.669.